The quantitative estimate of drug-likeness (QED) is 0.783. The van der Waals surface area contributed by atoms with Gasteiger partial charge in [-0.25, -0.2) is 4.98 Å². The first-order valence-electron chi connectivity index (χ1n) is 8.80. The first-order chi connectivity index (χ1) is 10.2. The highest BCUT2D eigenvalue weighted by molar-refractivity contribution is 4.90. The summed E-state index contributed by atoms with van der Waals surface area (Å²) in [5.74, 6) is 2.75. The Bertz CT molecular complexity index is 399. The number of nitrogens with zero attached hydrogens (tertiary/aromatic N) is 3. The number of hydrogen-bond donors (Lipinski definition) is 1. The van der Waals surface area contributed by atoms with Crippen molar-refractivity contribution in [1.29, 1.82) is 0 Å². The molecule has 2 unspecified atom stereocenters. The maximum Gasteiger partial charge on any atom is 0.138 e. The summed E-state index contributed by atoms with van der Waals surface area (Å²) in [4.78, 5) is 4.52. The van der Waals surface area contributed by atoms with Gasteiger partial charge in [-0.3, -0.25) is 4.68 Å². The molecule has 1 N–H and O–H groups in total. The topological polar surface area (TPSA) is 42.7 Å². The molecule has 4 nitrogen and oxygen atoms in total. The second-order valence-corrected chi connectivity index (χ2v) is 6.82. The maximum absolute atomic E-state index is 4.52. The molecule has 0 bridgehead atoms. The summed E-state index contributed by atoms with van der Waals surface area (Å²) in [6.07, 6.45) is 10.8. The van der Waals surface area contributed by atoms with Crippen molar-refractivity contribution in [3.63, 3.8) is 0 Å². The fourth-order valence-corrected chi connectivity index (χ4v) is 3.47. The zero-order valence-electron chi connectivity index (χ0n) is 14.0. The molecule has 1 saturated carbocycles. The van der Waals surface area contributed by atoms with Gasteiger partial charge in [0.05, 0.1) is 0 Å². The summed E-state index contributed by atoms with van der Waals surface area (Å²) in [5.41, 5.74) is 0. The largest absolute Gasteiger partial charge is 0.314 e. The standard InChI is InChI=1S/C17H32N4/c1-4-10-21-17(19-13-20-21)11-15-8-6-5-7-9-16(15)12-18-14(2)3/h13-16,18H,4-12H2,1-3H3. The molecule has 0 radical (unpaired) electrons. The fourth-order valence-electron chi connectivity index (χ4n) is 3.47. The lowest BCUT2D eigenvalue weighted by atomic mass is 9.85. The van der Waals surface area contributed by atoms with E-state index in [9.17, 15) is 0 Å². The Balaban J connectivity index is 2.00. The van der Waals surface area contributed by atoms with Crippen LogP contribution in [0, 0.1) is 11.8 Å². The van der Waals surface area contributed by atoms with E-state index in [1.165, 1.54) is 37.9 Å². The molecule has 21 heavy (non-hydrogen) atoms. The molecule has 1 fully saturated rings. The van der Waals surface area contributed by atoms with Crippen LogP contribution in [0.15, 0.2) is 6.33 Å². The van der Waals surface area contributed by atoms with Gasteiger partial charge in [0.25, 0.3) is 0 Å². The molecule has 120 valence electrons. The first-order valence-corrected chi connectivity index (χ1v) is 8.80. The lowest BCUT2D eigenvalue weighted by Gasteiger charge is -2.26. The SMILES string of the molecule is CCCn1ncnc1CC1CCCCCC1CNC(C)C. The van der Waals surface area contributed by atoms with Crippen LogP contribution in [-0.2, 0) is 13.0 Å². The van der Waals surface area contributed by atoms with Gasteiger partial charge < -0.3 is 5.32 Å². The molecule has 0 saturated heterocycles. The van der Waals surface area contributed by atoms with E-state index in [1.807, 2.05) is 0 Å². The normalized spacial score (nSPS) is 23.4. The Kier molecular flexibility index (Phi) is 6.68. The Hall–Kier alpha value is -0.900. The average molecular weight is 292 g/mol. The molecule has 1 aliphatic rings. The number of hydrogen-bond acceptors (Lipinski definition) is 3. The van der Waals surface area contributed by atoms with Crippen LogP contribution in [0.4, 0.5) is 0 Å². The van der Waals surface area contributed by atoms with E-state index in [0.717, 1.165) is 37.8 Å². The predicted molar refractivity (Wildman–Crippen MR) is 87.2 cm³/mol. The Morgan fingerprint density at radius 2 is 2.00 bits per heavy atom. The van der Waals surface area contributed by atoms with E-state index in [-0.39, 0.29) is 0 Å². The van der Waals surface area contributed by atoms with E-state index in [2.05, 4.69) is 40.9 Å². The number of rotatable bonds is 7. The molecule has 4 heteroatoms. The van der Waals surface area contributed by atoms with Gasteiger partial charge in [-0.1, -0.05) is 40.0 Å². The molecule has 1 aromatic heterocycles. The van der Waals surface area contributed by atoms with E-state index in [4.69, 9.17) is 0 Å². The van der Waals surface area contributed by atoms with Crippen LogP contribution in [0.1, 0.15) is 65.1 Å². The second kappa shape index (κ2) is 8.52. The molecule has 1 aromatic rings. The summed E-state index contributed by atoms with van der Waals surface area (Å²) in [6, 6.07) is 0.581. The number of aryl methyl sites for hydroxylation is 1. The zero-order chi connectivity index (χ0) is 15.1. The maximum atomic E-state index is 4.52. The van der Waals surface area contributed by atoms with E-state index < -0.39 is 0 Å². The first kappa shape index (κ1) is 16.5. The van der Waals surface area contributed by atoms with Gasteiger partial charge in [-0.05, 0) is 37.6 Å². The summed E-state index contributed by atoms with van der Waals surface area (Å²) >= 11 is 0. The van der Waals surface area contributed by atoms with Gasteiger partial charge in [0.1, 0.15) is 12.2 Å². The summed E-state index contributed by atoms with van der Waals surface area (Å²) in [7, 11) is 0. The van der Waals surface area contributed by atoms with E-state index in [0.29, 0.717) is 6.04 Å². The minimum absolute atomic E-state index is 0.581. The highest BCUT2D eigenvalue weighted by Gasteiger charge is 2.25. The highest BCUT2D eigenvalue weighted by Crippen LogP contribution is 2.30. The van der Waals surface area contributed by atoms with Gasteiger partial charge in [-0.2, -0.15) is 5.10 Å². The average Bonchev–Trinajstić information content (AvgIpc) is 2.76. The van der Waals surface area contributed by atoms with Crippen molar-refractivity contribution in [2.75, 3.05) is 6.54 Å². The molecule has 0 aliphatic heterocycles. The van der Waals surface area contributed by atoms with Crippen LogP contribution in [0.5, 0.6) is 0 Å². The highest BCUT2D eigenvalue weighted by atomic mass is 15.3. The molecule has 2 atom stereocenters. The van der Waals surface area contributed by atoms with E-state index >= 15 is 0 Å². The third kappa shape index (κ3) is 5.10. The van der Waals surface area contributed by atoms with Gasteiger partial charge in [0, 0.05) is 19.0 Å². The summed E-state index contributed by atoms with van der Waals surface area (Å²) in [6.45, 7) is 8.83. The van der Waals surface area contributed by atoms with Crippen LogP contribution in [0.25, 0.3) is 0 Å². The second-order valence-electron chi connectivity index (χ2n) is 6.82. The zero-order valence-corrected chi connectivity index (χ0v) is 14.0. The number of aromatic nitrogens is 3. The lowest BCUT2D eigenvalue weighted by Crippen LogP contribution is -2.33. The van der Waals surface area contributed by atoms with Crippen LogP contribution in [-0.4, -0.2) is 27.4 Å². The Labute approximate surface area is 129 Å². The smallest absolute Gasteiger partial charge is 0.138 e. The molecule has 1 heterocycles. The van der Waals surface area contributed by atoms with Gasteiger partial charge in [0.15, 0.2) is 0 Å². The minimum atomic E-state index is 0.581. The third-order valence-electron chi connectivity index (χ3n) is 4.68. The molecule has 2 rings (SSSR count). The Morgan fingerprint density at radius 3 is 2.71 bits per heavy atom. The van der Waals surface area contributed by atoms with Crippen LogP contribution in [0.2, 0.25) is 0 Å². The summed E-state index contributed by atoms with van der Waals surface area (Å²) < 4.78 is 2.11. The van der Waals surface area contributed by atoms with Crippen molar-refractivity contribution in [3.05, 3.63) is 12.2 Å². The van der Waals surface area contributed by atoms with Crippen molar-refractivity contribution in [2.45, 2.75) is 78.3 Å². The molecule has 0 aromatic carbocycles. The molecule has 0 spiro atoms. The predicted octanol–water partition coefficient (Wildman–Crippen LogP) is 3.43. The molecule has 0 amide bonds. The van der Waals surface area contributed by atoms with Crippen molar-refractivity contribution >= 4 is 0 Å². The van der Waals surface area contributed by atoms with Crippen LogP contribution >= 0.6 is 0 Å². The van der Waals surface area contributed by atoms with Crippen molar-refractivity contribution < 1.29 is 0 Å². The molecular weight excluding hydrogens is 260 g/mol. The van der Waals surface area contributed by atoms with Crippen molar-refractivity contribution in [1.82, 2.24) is 20.1 Å². The van der Waals surface area contributed by atoms with Gasteiger partial charge in [-0.15, -0.1) is 0 Å². The summed E-state index contributed by atoms with van der Waals surface area (Å²) in [5, 5.41) is 8.03. The Morgan fingerprint density at radius 1 is 1.24 bits per heavy atom. The van der Waals surface area contributed by atoms with Crippen LogP contribution in [0.3, 0.4) is 0 Å². The fraction of sp³-hybridized carbons (Fsp3) is 0.882. The number of nitrogens with one attached hydrogen (secondary N) is 1. The van der Waals surface area contributed by atoms with Crippen molar-refractivity contribution in [3.8, 4) is 0 Å². The lowest BCUT2D eigenvalue weighted by molar-refractivity contribution is 0.283. The van der Waals surface area contributed by atoms with Gasteiger partial charge >= 0.3 is 0 Å². The van der Waals surface area contributed by atoms with E-state index in [1.54, 1.807) is 6.33 Å². The monoisotopic (exact) mass is 292 g/mol. The van der Waals surface area contributed by atoms with Crippen LogP contribution < -0.4 is 5.32 Å². The molecule has 1 aliphatic carbocycles. The molecular formula is C17H32N4. The van der Waals surface area contributed by atoms with Crippen molar-refractivity contribution in [2.24, 2.45) is 11.8 Å². The third-order valence-corrected chi connectivity index (χ3v) is 4.68. The minimum Gasteiger partial charge on any atom is -0.314 e. The van der Waals surface area contributed by atoms with Gasteiger partial charge in [0.2, 0.25) is 0 Å².